The van der Waals surface area contributed by atoms with Gasteiger partial charge in [-0.05, 0) is 117 Å². The van der Waals surface area contributed by atoms with E-state index in [-0.39, 0.29) is 60.6 Å². The summed E-state index contributed by atoms with van der Waals surface area (Å²) < 4.78 is 21.5. The van der Waals surface area contributed by atoms with Crippen molar-refractivity contribution in [1.82, 2.24) is 0 Å². The van der Waals surface area contributed by atoms with Crippen LogP contribution in [0, 0.1) is 123 Å². The predicted octanol–water partition coefficient (Wildman–Crippen LogP) is 5.13. The number of carbonyl (C=O) groups excluding carboxylic acids is 4. The molecule has 20 radical (unpaired) electrons. The van der Waals surface area contributed by atoms with Gasteiger partial charge in [-0.2, -0.15) is 0 Å². The molecular formula is C34H36Fe2O8P2+4. The minimum Gasteiger partial charge on any atom is -0.466 e. The Morgan fingerprint density at radius 2 is 0.652 bits per heavy atom. The molecule has 4 aliphatic carbocycles. The molecule has 0 saturated heterocycles. The van der Waals surface area contributed by atoms with Crippen molar-refractivity contribution in [3.8, 4) is 0 Å². The van der Waals surface area contributed by atoms with E-state index in [1.807, 2.05) is 51.4 Å². The molecule has 4 rings (SSSR count). The summed E-state index contributed by atoms with van der Waals surface area (Å²) in [7, 11) is -2.54. The summed E-state index contributed by atoms with van der Waals surface area (Å²) in [5, 5.41) is 0. The van der Waals surface area contributed by atoms with E-state index in [0.717, 1.165) is 22.6 Å². The van der Waals surface area contributed by atoms with E-state index in [1.54, 1.807) is 53.4 Å². The number of hydrogen-bond acceptors (Lipinski definition) is 8. The van der Waals surface area contributed by atoms with Gasteiger partial charge in [-0.1, -0.05) is 15.8 Å². The van der Waals surface area contributed by atoms with Crippen LogP contribution in [0.3, 0.4) is 0 Å². The van der Waals surface area contributed by atoms with Crippen LogP contribution in [-0.2, 0) is 72.3 Å². The fourth-order valence-electron chi connectivity index (χ4n) is 5.05. The van der Waals surface area contributed by atoms with E-state index in [4.69, 9.17) is 18.9 Å². The van der Waals surface area contributed by atoms with E-state index in [2.05, 4.69) is 0 Å². The van der Waals surface area contributed by atoms with Gasteiger partial charge < -0.3 is 18.9 Å². The first-order valence-corrected chi connectivity index (χ1v) is 17.7. The average molecular weight is 746 g/mol. The van der Waals surface area contributed by atoms with Crippen LogP contribution >= 0.6 is 15.8 Å². The van der Waals surface area contributed by atoms with Crippen LogP contribution in [-0.4, -0.2) is 62.6 Å². The zero-order valence-corrected chi connectivity index (χ0v) is 30.0. The Bertz CT molecular complexity index is 839. The molecule has 4 saturated carbocycles. The van der Waals surface area contributed by atoms with Crippen molar-refractivity contribution in [2.24, 2.45) is 0 Å². The van der Waals surface area contributed by atoms with E-state index >= 15 is 0 Å². The van der Waals surface area contributed by atoms with Crippen molar-refractivity contribution < 1.29 is 72.3 Å². The first kappa shape index (κ1) is 41.9. The van der Waals surface area contributed by atoms with Gasteiger partial charge in [-0.15, -0.1) is 0 Å². The largest absolute Gasteiger partial charge is 2.00 e. The molecule has 4 fully saturated rings. The van der Waals surface area contributed by atoms with E-state index in [1.165, 1.54) is 0 Å². The van der Waals surface area contributed by atoms with Gasteiger partial charge in [0.05, 0.1) is 50.1 Å². The molecule has 4 aliphatic rings. The summed E-state index contributed by atoms with van der Waals surface area (Å²) in [4.78, 5) is 52.0. The third kappa shape index (κ3) is 10.2. The van der Waals surface area contributed by atoms with Crippen LogP contribution in [0.1, 0.15) is 27.7 Å². The molecule has 0 atom stereocenters. The molecule has 0 spiro atoms. The second kappa shape index (κ2) is 21.1. The zero-order chi connectivity index (χ0) is 31.6. The Morgan fingerprint density at radius 3 is 0.848 bits per heavy atom. The minimum absolute atomic E-state index is 0. The molecule has 0 aromatic rings. The van der Waals surface area contributed by atoms with Gasteiger partial charge in [0, 0.05) is 22.6 Å². The van der Waals surface area contributed by atoms with Crippen molar-refractivity contribution in [3.63, 3.8) is 0 Å². The summed E-state index contributed by atoms with van der Waals surface area (Å²) >= 11 is 0. The molecule has 0 aromatic heterocycles. The van der Waals surface area contributed by atoms with Crippen LogP contribution in [0.4, 0.5) is 0 Å². The first-order valence-electron chi connectivity index (χ1n) is 14.6. The molecule has 0 bridgehead atoms. The Balaban J connectivity index is 0.00000368. The maximum Gasteiger partial charge on any atom is 2.00 e. The van der Waals surface area contributed by atoms with Gasteiger partial charge in [-0.3, -0.25) is 19.2 Å². The van der Waals surface area contributed by atoms with E-state index in [0.29, 0.717) is 36.0 Å². The smallest absolute Gasteiger partial charge is 0.466 e. The fraction of sp³-hybridized carbons (Fsp3) is 0.294. The molecule has 0 unspecified atom stereocenters. The predicted molar refractivity (Wildman–Crippen MR) is 168 cm³/mol. The SMILES string of the molecule is CCOC(=O)[C]1[CH][CH][CH][C]1P(CCP([C]1[CH][CH][CH][C]1C(=O)OCC)[C]1[CH][CH][CH][C]1C(=O)OCC)[C]1[CH][CH][CH][C]1C(=O)OCC.[Fe+2].[Fe+2]. The number of carbonyl (C=O) groups is 4. The van der Waals surface area contributed by atoms with Gasteiger partial charge >= 0.3 is 58.0 Å². The Labute approximate surface area is 300 Å². The molecule has 0 aromatic carbocycles. The van der Waals surface area contributed by atoms with Crippen molar-refractivity contribution in [3.05, 3.63) is 123 Å². The molecule has 0 amide bonds. The molecule has 0 heterocycles. The van der Waals surface area contributed by atoms with Crippen LogP contribution in [0.25, 0.3) is 0 Å². The quantitative estimate of drug-likeness (QED) is 0.0985. The molecule has 8 nitrogen and oxygen atoms in total. The number of ether oxygens (including phenoxy) is 4. The maximum absolute atomic E-state index is 13.0. The van der Waals surface area contributed by atoms with Crippen molar-refractivity contribution in [1.29, 1.82) is 0 Å². The minimum atomic E-state index is -1.27. The summed E-state index contributed by atoms with van der Waals surface area (Å²) in [6.45, 7) is 7.97. The molecule has 0 N–H and O–H groups in total. The summed E-state index contributed by atoms with van der Waals surface area (Å²) in [6.07, 6.45) is 23.0. The van der Waals surface area contributed by atoms with Crippen molar-refractivity contribution >= 4 is 39.7 Å². The molecule has 46 heavy (non-hydrogen) atoms. The summed E-state index contributed by atoms with van der Waals surface area (Å²) in [5.74, 6) is 0.137. The Hall–Kier alpha value is -0.221. The Kier molecular flexibility index (Phi) is 19.2. The summed E-state index contributed by atoms with van der Waals surface area (Å²) in [6, 6.07) is 0. The number of esters is 4. The molecular weight excluding hydrogens is 710 g/mol. The fourth-order valence-corrected chi connectivity index (χ4v) is 11.0. The van der Waals surface area contributed by atoms with Crippen molar-refractivity contribution in [2.75, 3.05) is 38.8 Å². The second-order valence-electron chi connectivity index (χ2n) is 9.48. The summed E-state index contributed by atoms with van der Waals surface area (Å²) in [5.41, 5.74) is 3.19. The third-order valence-corrected chi connectivity index (χ3v) is 12.4. The Morgan fingerprint density at radius 1 is 0.435 bits per heavy atom. The van der Waals surface area contributed by atoms with Crippen LogP contribution in [0.5, 0.6) is 0 Å². The number of rotatable bonds is 15. The van der Waals surface area contributed by atoms with Gasteiger partial charge in [0.15, 0.2) is 0 Å². The van der Waals surface area contributed by atoms with Crippen LogP contribution in [0.2, 0.25) is 0 Å². The van der Waals surface area contributed by atoms with Gasteiger partial charge in [0.1, 0.15) is 0 Å². The zero-order valence-electron chi connectivity index (χ0n) is 26.0. The molecule has 242 valence electrons. The maximum atomic E-state index is 13.0. The van der Waals surface area contributed by atoms with Crippen LogP contribution < -0.4 is 0 Å². The normalized spacial score (nSPS) is 21.1. The van der Waals surface area contributed by atoms with E-state index < -0.39 is 39.7 Å². The van der Waals surface area contributed by atoms with E-state index in [9.17, 15) is 19.2 Å². The van der Waals surface area contributed by atoms with Gasteiger partial charge in [0.25, 0.3) is 0 Å². The van der Waals surface area contributed by atoms with Crippen molar-refractivity contribution in [2.45, 2.75) is 27.7 Å². The first-order chi connectivity index (χ1) is 21.4. The molecule has 12 heteroatoms. The number of hydrogen-bond donors (Lipinski definition) is 0. The standard InChI is InChI=1S/C34H36O8P2.2Fe/c1-5-39-31(35)23-13-9-17-27(23)43(28-18-10-14-24(28)32(36)40-6-2)21-22-44(29-19-11-15-25(29)33(37)41-7-3)30-20-12-16-26(30)34(38)42-8-4;;/h9-20H,5-8,21-22H2,1-4H3;;/q;2*+2. The van der Waals surface area contributed by atoms with Gasteiger partial charge in [0.2, 0.25) is 0 Å². The third-order valence-electron chi connectivity index (χ3n) is 6.86. The topological polar surface area (TPSA) is 105 Å². The monoisotopic (exact) mass is 746 g/mol. The second-order valence-corrected chi connectivity index (χ2v) is 14.0. The average Bonchev–Trinajstić information content (AvgIpc) is 3.83. The molecule has 0 aliphatic heterocycles. The van der Waals surface area contributed by atoms with Gasteiger partial charge in [-0.25, -0.2) is 0 Å². The van der Waals surface area contributed by atoms with Crippen LogP contribution in [0.15, 0.2) is 0 Å².